The lowest BCUT2D eigenvalue weighted by Crippen LogP contribution is -2.26. The fourth-order valence-corrected chi connectivity index (χ4v) is 3.77. The lowest BCUT2D eigenvalue weighted by molar-refractivity contribution is -0.115. The molecule has 1 saturated carbocycles. The van der Waals surface area contributed by atoms with Crippen LogP contribution < -0.4 is 10.6 Å². The van der Waals surface area contributed by atoms with Crippen molar-refractivity contribution in [3.63, 3.8) is 0 Å². The third kappa shape index (κ3) is 6.43. The van der Waals surface area contributed by atoms with Crippen molar-refractivity contribution in [1.82, 2.24) is 10.6 Å². The monoisotopic (exact) mass is 490 g/mol. The Morgan fingerprint density at radius 1 is 0.971 bits per heavy atom. The zero-order chi connectivity index (χ0) is 24.9. The van der Waals surface area contributed by atoms with Gasteiger partial charge < -0.3 is 10.6 Å². The topological polar surface area (TPSA) is 75.3 Å². The number of hydrogen-bond donors (Lipinski definition) is 2. The quantitative estimate of drug-likeness (QED) is 0.251. The molecular formula is C28H24ClFN2O3. The maximum atomic E-state index is 13.5. The fourth-order valence-electron chi connectivity index (χ4n) is 3.50. The minimum absolute atomic E-state index is 0.00963. The molecule has 35 heavy (non-hydrogen) atoms. The summed E-state index contributed by atoms with van der Waals surface area (Å²) in [5.41, 5.74) is 3.42. The summed E-state index contributed by atoms with van der Waals surface area (Å²) in [6, 6.07) is 18.0. The summed E-state index contributed by atoms with van der Waals surface area (Å²) in [5, 5.41) is 5.94. The molecule has 2 N–H and O–H groups in total. The molecule has 0 aromatic heterocycles. The number of carbonyl (C=O) groups is 3. The molecule has 0 heterocycles. The molecule has 0 atom stereocenters. The van der Waals surface area contributed by atoms with Crippen LogP contribution in [0.15, 0.2) is 66.7 Å². The molecule has 1 aliphatic carbocycles. The van der Waals surface area contributed by atoms with E-state index in [0.29, 0.717) is 34.4 Å². The third-order valence-corrected chi connectivity index (χ3v) is 5.99. The molecule has 3 aromatic rings. The fraction of sp³-hybridized carbons (Fsp3) is 0.179. The van der Waals surface area contributed by atoms with Gasteiger partial charge in [0.15, 0.2) is 5.78 Å². The van der Waals surface area contributed by atoms with E-state index in [1.54, 1.807) is 54.6 Å². The van der Waals surface area contributed by atoms with E-state index in [1.165, 1.54) is 25.1 Å². The van der Waals surface area contributed by atoms with Gasteiger partial charge in [0.2, 0.25) is 0 Å². The number of halogens is 2. The van der Waals surface area contributed by atoms with Crippen LogP contribution in [0, 0.1) is 5.82 Å². The van der Waals surface area contributed by atoms with Gasteiger partial charge in [0.05, 0.1) is 5.02 Å². The van der Waals surface area contributed by atoms with Gasteiger partial charge in [0.25, 0.3) is 11.8 Å². The van der Waals surface area contributed by atoms with Crippen molar-refractivity contribution >= 4 is 40.8 Å². The van der Waals surface area contributed by atoms with Crippen LogP contribution in [0.2, 0.25) is 5.02 Å². The average Bonchev–Trinajstić information content (AvgIpc) is 3.66. The van der Waals surface area contributed by atoms with Crippen LogP contribution in [0.3, 0.4) is 0 Å². The molecule has 5 nitrogen and oxygen atoms in total. The molecule has 0 spiro atoms. The molecule has 178 valence electrons. The molecule has 1 fully saturated rings. The molecule has 0 unspecified atom stereocenters. The summed E-state index contributed by atoms with van der Waals surface area (Å²) in [5.74, 6) is -1.02. The summed E-state index contributed by atoms with van der Waals surface area (Å²) < 4.78 is 13.5. The maximum absolute atomic E-state index is 13.5. The summed E-state index contributed by atoms with van der Waals surface area (Å²) in [6.07, 6.45) is 3.54. The molecule has 1 aliphatic rings. The van der Waals surface area contributed by atoms with Crippen molar-refractivity contribution in [2.75, 3.05) is 0 Å². The Hall–Kier alpha value is -3.77. The van der Waals surface area contributed by atoms with Crippen LogP contribution in [0.4, 0.5) is 4.39 Å². The molecule has 0 bridgehead atoms. The first-order valence-electron chi connectivity index (χ1n) is 11.3. The van der Waals surface area contributed by atoms with E-state index in [-0.39, 0.29) is 28.7 Å². The van der Waals surface area contributed by atoms with Crippen LogP contribution in [0.5, 0.6) is 0 Å². The molecule has 2 amide bonds. The summed E-state index contributed by atoms with van der Waals surface area (Å²) in [7, 11) is 0. The number of amides is 2. The standard InChI is InChI=1S/C28H24ClFN2O3/c1-17(33)20-6-4-19(5-7-20)16-31-27(34)21-8-2-18(3-9-21)14-25(28(35)32-23-11-12-23)24-13-10-22(30)15-26(24)29/h2-10,13-15,23H,11-12,16H2,1H3,(H,31,34)(H,32,35)/b25-14+. The number of hydrogen-bond acceptors (Lipinski definition) is 3. The molecular weight excluding hydrogens is 467 g/mol. The predicted molar refractivity (Wildman–Crippen MR) is 135 cm³/mol. The van der Waals surface area contributed by atoms with Gasteiger partial charge in [-0.1, -0.05) is 48.0 Å². The van der Waals surface area contributed by atoms with E-state index in [0.717, 1.165) is 18.4 Å². The molecule has 0 aliphatic heterocycles. The SMILES string of the molecule is CC(=O)c1ccc(CNC(=O)c2ccc(/C=C(/C(=O)NC3CC3)c3ccc(F)cc3Cl)cc2)cc1. The average molecular weight is 491 g/mol. The lowest BCUT2D eigenvalue weighted by Gasteiger charge is -2.11. The number of benzene rings is 3. The summed E-state index contributed by atoms with van der Waals surface area (Å²) in [6.45, 7) is 1.83. The Kier molecular flexibility index (Phi) is 7.42. The van der Waals surface area contributed by atoms with Crippen molar-refractivity contribution in [1.29, 1.82) is 0 Å². The van der Waals surface area contributed by atoms with E-state index in [4.69, 9.17) is 11.6 Å². The van der Waals surface area contributed by atoms with Crippen LogP contribution >= 0.6 is 11.6 Å². The van der Waals surface area contributed by atoms with E-state index in [2.05, 4.69) is 10.6 Å². The second kappa shape index (κ2) is 10.7. The van der Waals surface area contributed by atoms with Crippen LogP contribution in [-0.4, -0.2) is 23.6 Å². The Bertz CT molecular complexity index is 1300. The van der Waals surface area contributed by atoms with Crippen molar-refractivity contribution in [3.8, 4) is 0 Å². The largest absolute Gasteiger partial charge is 0.349 e. The van der Waals surface area contributed by atoms with E-state index in [1.807, 2.05) is 0 Å². The van der Waals surface area contributed by atoms with Crippen molar-refractivity contribution in [3.05, 3.63) is 105 Å². The van der Waals surface area contributed by atoms with Gasteiger partial charge >= 0.3 is 0 Å². The lowest BCUT2D eigenvalue weighted by atomic mass is 10.0. The number of ketones is 1. The van der Waals surface area contributed by atoms with Gasteiger partial charge in [0.1, 0.15) is 5.82 Å². The Morgan fingerprint density at radius 2 is 1.63 bits per heavy atom. The zero-order valence-corrected chi connectivity index (χ0v) is 19.9. The van der Waals surface area contributed by atoms with Gasteiger partial charge in [0, 0.05) is 34.9 Å². The number of Topliss-reactive ketones (excluding diaryl/α,β-unsaturated/α-hetero) is 1. The third-order valence-electron chi connectivity index (χ3n) is 5.68. The van der Waals surface area contributed by atoms with E-state index < -0.39 is 5.82 Å². The Labute approximate surface area is 208 Å². The highest BCUT2D eigenvalue weighted by atomic mass is 35.5. The van der Waals surface area contributed by atoms with E-state index >= 15 is 0 Å². The highest BCUT2D eigenvalue weighted by Gasteiger charge is 2.26. The highest BCUT2D eigenvalue weighted by Crippen LogP contribution is 2.29. The predicted octanol–water partition coefficient (Wildman–Crippen LogP) is 5.43. The molecule has 7 heteroatoms. The van der Waals surface area contributed by atoms with Gasteiger partial charge in [-0.2, -0.15) is 0 Å². The zero-order valence-electron chi connectivity index (χ0n) is 19.1. The number of rotatable bonds is 8. The first-order chi connectivity index (χ1) is 16.8. The maximum Gasteiger partial charge on any atom is 0.252 e. The van der Waals surface area contributed by atoms with Crippen molar-refractivity contribution in [2.45, 2.75) is 32.4 Å². The van der Waals surface area contributed by atoms with Crippen LogP contribution in [0.25, 0.3) is 11.6 Å². The normalized spacial score (nSPS) is 13.3. The second-order valence-electron chi connectivity index (χ2n) is 8.49. The van der Waals surface area contributed by atoms with Gasteiger partial charge in [-0.25, -0.2) is 4.39 Å². The molecule has 0 saturated heterocycles. The van der Waals surface area contributed by atoms with Gasteiger partial charge in [-0.15, -0.1) is 0 Å². The summed E-state index contributed by atoms with van der Waals surface area (Å²) >= 11 is 6.23. The Morgan fingerprint density at radius 3 is 2.23 bits per heavy atom. The van der Waals surface area contributed by atoms with Crippen molar-refractivity contribution in [2.24, 2.45) is 0 Å². The van der Waals surface area contributed by atoms with Crippen LogP contribution in [0.1, 0.15) is 57.2 Å². The second-order valence-corrected chi connectivity index (χ2v) is 8.89. The molecule has 3 aromatic carbocycles. The van der Waals surface area contributed by atoms with Crippen molar-refractivity contribution < 1.29 is 18.8 Å². The van der Waals surface area contributed by atoms with Gasteiger partial charge in [-0.05, 0) is 67.3 Å². The highest BCUT2D eigenvalue weighted by molar-refractivity contribution is 6.36. The number of carbonyl (C=O) groups excluding carboxylic acids is 3. The minimum Gasteiger partial charge on any atom is -0.349 e. The molecule has 0 radical (unpaired) electrons. The minimum atomic E-state index is -0.481. The first-order valence-corrected chi connectivity index (χ1v) is 11.6. The van der Waals surface area contributed by atoms with E-state index in [9.17, 15) is 18.8 Å². The first kappa shape index (κ1) is 24.4. The Balaban J connectivity index is 1.48. The smallest absolute Gasteiger partial charge is 0.252 e. The molecule has 4 rings (SSSR count). The number of nitrogens with one attached hydrogen (secondary N) is 2. The van der Waals surface area contributed by atoms with Gasteiger partial charge in [-0.3, -0.25) is 14.4 Å². The summed E-state index contributed by atoms with van der Waals surface area (Å²) in [4.78, 5) is 36.8. The van der Waals surface area contributed by atoms with Crippen LogP contribution in [-0.2, 0) is 11.3 Å².